The summed E-state index contributed by atoms with van der Waals surface area (Å²) in [5.41, 5.74) is 8.90. The Hall–Kier alpha value is -1.47. The Morgan fingerprint density at radius 1 is 1.32 bits per heavy atom. The molecule has 0 unspecified atom stereocenters. The molecular weight excluding hydrogens is 246 g/mol. The second-order valence-corrected chi connectivity index (χ2v) is 4.71. The minimum Gasteiger partial charge on any atom is -0.370 e. The van der Waals surface area contributed by atoms with Crippen LogP contribution in [0.3, 0.4) is 0 Å². The van der Waals surface area contributed by atoms with Crippen LogP contribution in [0.15, 0.2) is 24.3 Å². The second-order valence-electron chi connectivity index (χ2n) is 4.71. The van der Waals surface area contributed by atoms with E-state index >= 15 is 0 Å². The van der Waals surface area contributed by atoms with Crippen molar-refractivity contribution in [2.24, 2.45) is 5.73 Å². The van der Waals surface area contributed by atoms with Gasteiger partial charge in [0.25, 0.3) is 0 Å². The average molecular weight is 266 g/mol. The molecule has 6 heteroatoms. The quantitative estimate of drug-likeness (QED) is 0.544. The normalized spacial score (nSPS) is 18.0. The van der Waals surface area contributed by atoms with Gasteiger partial charge in [0.15, 0.2) is 0 Å². The number of quaternary nitrogens is 1. The summed E-state index contributed by atoms with van der Waals surface area (Å²) in [6.07, 6.45) is 0. The first-order valence-electron chi connectivity index (χ1n) is 6.41. The zero-order valence-corrected chi connectivity index (χ0v) is 10.8. The number of morpholine rings is 1. The number of nitrogens with two attached hydrogens (primary N) is 1. The van der Waals surface area contributed by atoms with Crippen LogP contribution >= 0.6 is 0 Å². The molecule has 1 amide bonds. The number of hydrogen-bond acceptors (Lipinski definition) is 5. The topological polar surface area (TPSA) is 84.6 Å². The number of rotatable bonds is 4. The molecule has 0 aliphatic carbocycles. The van der Waals surface area contributed by atoms with Gasteiger partial charge in [-0.25, -0.2) is 4.79 Å². The lowest BCUT2D eigenvalue weighted by Gasteiger charge is -2.38. The molecule has 1 aliphatic heterocycles. The molecule has 1 aromatic rings. The Balaban J connectivity index is 2.22. The van der Waals surface area contributed by atoms with E-state index in [0.29, 0.717) is 55.1 Å². The zero-order valence-electron chi connectivity index (χ0n) is 10.8. The number of carbonyl (C=O) groups excluding carboxylic acids is 1. The monoisotopic (exact) mass is 266 g/mol. The molecule has 2 rings (SSSR count). The Labute approximate surface area is 112 Å². The Morgan fingerprint density at radius 2 is 1.95 bits per heavy atom. The highest BCUT2D eigenvalue weighted by Gasteiger charge is 2.38. The van der Waals surface area contributed by atoms with Gasteiger partial charge >= 0.3 is 5.91 Å². The maximum Gasteiger partial charge on any atom is 0.346 e. The van der Waals surface area contributed by atoms with Gasteiger partial charge in [-0.3, -0.25) is 15.2 Å². The Morgan fingerprint density at radius 3 is 2.47 bits per heavy atom. The molecule has 0 bridgehead atoms. The summed E-state index contributed by atoms with van der Waals surface area (Å²) in [4.78, 5) is 12.7. The lowest BCUT2D eigenvalue weighted by molar-refractivity contribution is -0.856. The molecule has 104 valence electrons. The summed E-state index contributed by atoms with van der Waals surface area (Å²) >= 11 is 0. The van der Waals surface area contributed by atoms with Gasteiger partial charge in [-0.15, -0.1) is 0 Å². The van der Waals surface area contributed by atoms with Gasteiger partial charge in [-0.2, -0.15) is 0 Å². The number of nitrogens with zero attached hydrogens (tertiary/aromatic N) is 1. The fourth-order valence-electron chi connectivity index (χ4n) is 2.43. The summed E-state index contributed by atoms with van der Waals surface area (Å²) in [5.74, 6) is 0.0678. The van der Waals surface area contributed by atoms with Crippen molar-refractivity contribution in [1.29, 1.82) is 0 Å². The van der Waals surface area contributed by atoms with Gasteiger partial charge in [0, 0.05) is 6.54 Å². The number of benzene rings is 1. The summed E-state index contributed by atoms with van der Waals surface area (Å²) < 4.78 is 5.69. The van der Waals surface area contributed by atoms with E-state index in [-0.39, 0.29) is 5.91 Å². The third-order valence-electron chi connectivity index (χ3n) is 3.58. The van der Waals surface area contributed by atoms with Crippen molar-refractivity contribution >= 4 is 11.6 Å². The smallest absolute Gasteiger partial charge is 0.346 e. The van der Waals surface area contributed by atoms with E-state index in [1.54, 1.807) is 24.3 Å². The van der Waals surface area contributed by atoms with Crippen molar-refractivity contribution in [1.82, 2.24) is 0 Å². The average Bonchev–Trinajstić information content (AvgIpc) is 2.48. The summed E-state index contributed by atoms with van der Waals surface area (Å²) in [6.45, 7) is 3.60. The fourth-order valence-corrected chi connectivity index (χ4v) is 2.43. The molecule has 0 radical (unpaired) electrons. The Bertz CT molecular complexity index is 422. The van der Waals surface area contributed by atoms with Gasteiger partial charge in [0.2, 0.25) is 0 Å². The number of carbonyl (C=O) groups is 1. The highest BCUT2D eigenvalue weighted by molar-refractivity contribution is 5.89. The van der Waals surface area contributed by atoms with Crippen LogP contribution in [0, 0.1) is 0 Å². The minimum absolute atomic E-state index is 0.0678. The van der Waals surface area contributed by atoms with E-state index in [4.69, 9.17) is 15.7 Å². The van der Waals surface area contributed by atoms with Crippen molar-refractivity contribution in [2.45, 2.75) is 0 Å². The van der Waals surface area contributed by atoms with Crippen LogP contribution in [-0.2, 0) is 4.74 Å². The van der Waals surface area contributed by atoms with Gasteiger partial charge in [0.05, 0.1) is 31.0 Å². The first-order valence-corrected chi connectivity index (χ1v) is 6.41. The predicted octanol–water partition coefficient (Wildman–Crippen LogP) is 0.434. The third kappa shape index (κ3) is 2.93. The van der Waals surface area contributed by atoms with E-state index in [2.05, 4.69) is 5.48 Å². The standard InChI is InChI=1S/C13H19N3O3/c14-5-6-16(7-9-19-10-8-16)13(17)11-1-3-12(15-18)4-2-11/h1-4H,5-10,14H2,(H-,15,17,18)/p+1. The molecule has 0 spiro atoms. The molecule has 0 saturated carbocycles. The number of anilines is 1. The molecule has 4 N–H and O–H groups in total. The number of nitrogens with one attached hydrogen (secondary N) is 1. The van der Waals surface area contributed by atoms with E-state index in [9.17, 15) is 4.79 Å². The summed E-state index contributed by atoms with van der Waals surface area (Å²) in [5, 5.41) is 8.78. The highest BCUT2D eigenvalue weighted by Crippen LogP contribution is 2.18. The van der Waals surface area contributed by atoms with Crippen LogP contribution in [0.4, 0.5) is 5.69 Å². The van der Waals surface area contributed by atoms with Crippen molar-refractivity contribution in [2.75, 3.05) is 44.9 Å². The van der Waals surface area contributed by atoms with Crippen LogP contribution in [0.5, 0.6) is 0 Å². The van der Waals surface area contributed by atoms with Gasteiger partial charge in [-0.1, -0.05) is 0 Å². The summed E-state index contributed by atoms with van der Waals surface area (Å²) in [6, 6.07) is 6.78. The van der Waals surface area contributed by atoms with Crippen LogP contribution in [0.25, 0.3) is 0 Å². The number of amides is 1. The fraction of sp³-hybridized carbons (Fsp3) is 0.462. The van der Waals surface area contributed by atoms with E-state index in [1.807, 2.05) is 0 Å². The van der Waals surface area contributed by atoms with Gasteiger partial charge < -0.3 is 10.5 Å². The predicted molar refractivity (Wildman–Crippen MR) is 70.9 cm³/mol. The first-order chi connectivity index (χ1) is 9.22. The molecular formula is C13H20N3O3+. The number of ether oxygens (including phenoxy) is 1. The lowest BCUT2D eigenvalue weighted by Crippen LogP contribution is -2.60. The Kier molecular flexibility index (Phi) is 4.49. The van der Waals surface area contributed by atoms with Crippen molar-refractivity contribution in [3.05, 3.63) is 29.8 Å². The first kappa shape index (κ1) is 14.0. The van der Waals surface area contributed by atoms with Crippen LogP contribution < -0.4 is 11.2 Å². The lowest BCUT2D eigenvalue weighted by atomic mass is 10.1. The van der Waals surface area contributed by atoms with Crippen LogP contribution in [0.2, 0.25) is 0 Å². The highest BCUT2D eigenvalue weighted by atomic mass is 16.5. The van der Waals surface area contributed by atoms with E-state index in [0.717, 1.165) is 0 Å². The zero-order chi connectivity index (χ0) is 13.7. The largest absolute Gasteiger partial charge is 0.370 e. The molecule has 19 heavy (non-hydrogen) atoms. The molecule has 1 aliphatic rings. The van der Waals surface area contributed by atoms with Crippen molar-refractivity contribution in [3.63, 3.8) is 0 Å². The second kappa shape index (κ2) is 6.12. The van der Waals surface area contributed by atoms with Gasteiger partial charge in [-0.05, 0) is 24.3 Å². The van der Waals surface area contributed by atoms with Crippen LogP contribution in [-0.4, -0.2) is 55.0 Å². The minimum atomic E-state index is 0.0678. The van der Waals surface area contributed by atoms with E-state index in [1.165, 1.54) is 0 Å². The third-order valence-corrected chi connectivity index (χ3v) is 3.58. The van der Waals surface area contributed by atoms with Crippen LogP contribution in [0.1, 0.15) is 10.4 Å². The summed E-state index contributed by atoms with van der Waals surface area (Å²) in [7, 11) is 0. The molecule has 0 atom stereocenters. The maximum absolute atomic E-state index is 12.7. The molecule has 1 aromatic carbocycles. The van der Waals surface area contributed by atoms with Gasteiger partial charge in [0.1, 0.15) is 13.1 Å². The maximum atomic E-state index is 12.7. The molecule has 1 fully saturated rings. The van der Waals surface area contributed by atoms with Crippen molar-refractivity contribution < 1.29 is 19.2 Å². The molecule has 1 saturated heterocycles. The van der Waals surface area contributed by atoms with E-state index < -0.39 is 0 Å². The number of hydrogen-bond donors (Lipinski definition) is 3. The molecule has 0 aromatic heterocycles. The molecule has 6 nitrogen and oxygen atoms in total. The van der Waals surface area contributed by atoms with Crippen molar-refractivity contribution in [3.8, 4) is 0 Å². The SMILES string of the molecule is NCC[N+]1(C(=O)c2ccc(NO)cc2)CCOCC1. The molecule has 1 heterocycles.